The van der Waals surface area contributed by atoms with Crippen molar-refractivity contribution in [1.29, 1.82) is 0 Å². The van der Waals surface area contributed by atoms with Gasteiger partial charge in [0.2, 0.25) is 0 Å². The zero-order chi connectivity index (χ0) is 29.6. The number of aliphatic imine (C=N–C) groups is 1. The highest BCUT2D eigenvalue weighted by Crippen LogP contribution is 2.40. The van der Waals surface area contributed by atoms with E-state index in [1.54, 1.807) is 24.4 Å². The Labute approximate surface area is 252 Å². The fourth-order valence-corrected chi connectivity index (χ4v) is 7.17. The Kier molecular flexibility index (Phi) is 7.56. The molecular weight excluding hydrogens is 565 g/mol. The number of anilines is 1. The number of aromatic nitrogens is 3. The van der Waals surface area contributed by atoms with Crippen molar-refractivity contribution < 1.29 is 13.5 Å². The van der Waals surface area contributed by atoms with E-state index in [2.05, 4.69) is 29.0 Å². The first-order chi connectivity index (χ1) is 21.0. The molecule has 7 nitrogen and oxygen atoms in total. The van der Waals surface area contributed by atoms with Gasteiger partial charge in [0.15, 0.2) is 5.82 Å². The molecule has 10 heteroatoms. The highest BCUT2D eigenvalue weighted by Gasteiger charge is 2.45. The maximum atomic E-state index is 16.6. The first kappa shape index (κ1) is 28.2. The minimum atomic E-state index is -0.618. The van der Waals surface area contributed by atoms with Gasteiger partial charge < -0.3 is 9.64 Å². The van der Waals surface area contributed by atoms with Crippen LogP contribution in [0.1, 0.15) is 39.0 Å². The van der Waals surface area contributed by atoms with Gasteiger partial charge in [-0.25, -0.2) is 8.78 Å². The largest absolute Gasteiger partial charge is 0.461 e. The SMILES string of the molecule is CC(=CP)C1=NCCCN(c2nc(OCC34CCCN3CCC4)nc3c(F)c(-c4cccc5cccc(F)c45)ncc23)C1. The van der Waals surface area contributed by atoms with Gasteiger partial charge in [0.05, 0.1) is 23.2 Å². The number of rotatable bonds is 6. The topological polar surface area (TPSA) is 66.7 Å². The van der Waals surface area contributed by atoms with E-state index in [0.29, 0.717) is 53.8 Å². The number of halogens is 2. The molecule has 2 saturated heterocycles. The number of benzene rings is 2. The molecule has 2 aromatic heterocycles. The number of ether oxygens (including phenoxy) is 1. The van der Waals surface area contributed by atoms with Crippen molar-refractivity contribution in [2.75, 3.05) is 44.2 Å². The van der Waals surface area contributed by atoms with E-state index in [-0.39, 0.29) is 22.8 Å². The molecule has 7 rings (SSSR count). The highest BCUT2D eigenvalue weighted by atomic mass is 31.0. The first-order valence-electron chi connectivity index (χ1n) is 15.1. The van der Waals surface area contributed by atoms with Crippen LogP contribution in [0.15, 0.2) is 59.0 Å². The Morgan fingerprint density at radius 2 is 1.84 bits per heavy atom. The molecule has 2 aromatic carbocycles. The van der Waals surface area contributed by atoms with Crippen LogP contribution in [0.25, 0.3) is 32.9 Å². The third kappa shape index (κ3) is 5.06. The molecule has 3 aliphatic heterocycles. The van der Waals surface area contributed by atoms with Crippen LogP contribution in [0.2, 0.25) is 0 Å². The summed E-state index contributed by atoms with van der Waals surface area (Å²) in [6.07, 6.45) is 6.90. The molecule has 5 heterocycles. The lowest BCUT2D eigenvalue weighted by Gasteiger charge is -2.31. The van der Waals surface area contributed by atoms with Crippen molar-refractivity contribution >= 4 is 42.4 Å². The van der Waals surface area contributed by atoms with Gasteiger partial charge in [0.25, 0.3) is 0 Å². The minimum Gasteiger partial charge on any atom is -0.461 e. The van der Waals surface area contributed by atoms with E-state index in [1.165, 1.54) is 6.07 Å². The van der Waals surface area contributed by atoms with Crippen molar-refractivity contribution in [2.24, 2.45) is 4.99 Å². The molecular formula is C33H35F2N6OP. The summed E-state index contributed by atoms with van der Waals surface area (Å²) in [6.45, 7) is 6.58. The second-order valence-electron chi connectivity index (χ2n) is 11.8. The molecule has 0 saturated carbocycles. The predicted molar refractivity (Wildman–Crippen MR) is 171 cm³/mol. The van der Waals surface area contributed by atoms with Crippen LogP contribution >= 0.6 is 9.24 Å². The quantitative estimate of drug-likeness (QED) is 0.234. The van der Waals surface area contributed by atoms with Crippen LogP contribution in [0.5, 0.6) is 6.01 Å². The number of hydrogen-bond acceptors (Lipinski definition) is 7. The van der Waals surface area contributed by atoms with E-state index in [4.69, 9.17) is 14.7 Å². The summed E-state index contributed by atoms with van der Waals surface area (Å²) >= 11 is 0. The number of fused-ring (bicyclic) bond motifs is 3. The van der Waals surface area contributed by atoms with Crippen molar-refractivity contribution in [3.8, 4) is 17.3 Å². The Bertz CT molecular complexity index is 1760. The third-order valence-electron chi connectivity index (χ3n) is 9.27. The lowest BCUT2D eigenvalue weighted by Crippen LogP contribution is -2.43. The van der Waals surface area contributed by atoms with Crippen LogP contribution in [0.3, 0.4) is 0 Å². The van der Waals surface area contributed by atoms with Gasteiger partial charge in [-0.2, -0.15) is 9.97 Å². The van der Waals surface area contributed by atoms with Crippen LogP contribution in [0.4, 0.5) is 14.6 Å². The summed E-state index contributed by atoms with van der Waals surface area (Å²) < 4.78 is 38.1. The predicted octanol–water partition coefficient (Wildman–Crippen LogP) is 6.56. The zero-order valence-electron chi connectivity index (χ0n) is 24.3. The van der Waals surface area contributed by atoms with Gasteiger partial charge in [-0.15, -0.1) is 9.24 Å². The second-order valence-corrected chi connectivity index (χ2v) is 12.2. The summed E-state index contributed by atoms with van der Waals surface area (Å²) in [5, 5.41) is 1.50. The van der Waals surface area contributed by atoms with E-state index < -0.39 is 11.6 Å². The Morgan fingerprint density at radius 3 is 2.63 bits per heavy atom. The number of pyridine rings is 1. The number of nitrogens with zero attached hydrogens (tertiary/aromatic N) is 6. The van der Waals surface area contributed by atoms with E-state index in [9.17, 15) is 0 Å². The first-order valence-corrected chi connectivity index (χ1v) is 15.7. The molecule has 0 radical (unpaired) electrons. The molecule has 0 amide bonds. The molecule has 4 aromatic rings. The molecule has 0 bridgehead atoms. The summed E-state index contributed by atoms with van der Waals surface area (Å²) in [5.41, 5.74) is 2.57. The standard InChI is InChI=1S/C33H35F2N6OP/c1-21(19-43)26-18-40(14-6-13-36-26)31-24-17-37-29(23-9-2-7-22-8-3-10-25(34)27(22)23)28(35)30(24)38-32(39-31)42-20-33-11-4-15-41(33)16-5-12-33/h2-3,7-10,17,19H,4-6,11-16,18,20,43H2,1H3. The zero-order valence-corrected chi connectivity index (χ0v) is 25.5. The highest BCUT2D eigenvalue weighted by molar-refractivity contribution is 7.20. The summed E-state index contributed by atoms with van der Waals surface area (Å²) in [6, 6.07) is 10.3. The van der Waals surface area contributed by atoms with Gasteiger partial charge in [-0.05, 0) is 69.1 Å². The monoisotopic (exact) mass is 600 g/mol. The maximum Gasteiger partial charge on any atom is 0.319 e. The Morgan fingerprint density at radius 1 is 1.05 bits per heavy atom. The van der Waals surface area contributed by atoms with Gasteiger partial charge in [-0.1, -0.05) is 36.1 Å². The molecule has 3 aliphatic rings. The molecule has 222 valence electrons. The van der Waals surface area contributed by atoms with E-state index in [0.717, 1.165) is 56.5 Å². The molecule has 0 spiro atoms. The summed E-state index contributed by atoms with van der Waals surface area (Å²) in [5.74, 6) is 1.50. The van der Waals surface area contributed by atoms with Crippen molar-refractivity contribution in [3.05, 3.63) is 65.6 Å². The Hall–Kier alpha value is -3.55. The van der Waals surface area contributed by atoms with Crippen molar-refractivity contribution in [1.82, 2.24) is 19.9 Å². The van der Waals surface area contributed by atoms with Crippen LogP contribution in [-0.2, 0) is 0 Å². The van der Waals surface area contributed by atoms with Crippen LogP contribution < -0.4 is 9.64 Å². The average molecular weight is 601 g/mol. The lowest BCUT2D eigenvalue weighted by atomic mass is 9.95. The van der Waals surface area contributed by atoms with Crippen LogP contribution in [-0.4, -0.2) is 70.4 Å². The van der Waals surface area contributed by atoms with E-state index >= 15 is 8.78 Å². The fraction of sp³-hybridized carbons (Fsp3) is 0.394. The molecule has 0 aliphatic carbocycles. The molecule has 1 atom stereocenters. The molecule has 0 N–H and O–H groups in total. The van der Waals surface area contributed by atoms with E-state index in [1.807, 2.05) is 24.9 Å². The van der Waals surface area contributed by atoms with Gasteiger partial charge in [0, 0.05) is 30.2 Å². The maximum absolute atomic E-state index is 16.6. The lowest BCUT2D eigenvalue weighted by molar-refractivity contribution is 0.108. The molecule has 1 unspecified atom stereocenters. The smallest absolute Gasteiger partial charge is 0.319 e. The normalized spacial score (nSPS) is 19.1. The molecule has 2 fully saturated rings. The average Bonchev–Trinajstić information content (AvgIpc) is 3.51. The van der Waals surface area contributed by atoms with Crippen molar-refractivity contribution in [2.45, 2.75) is 44.6 Å². The third-order valence-corrected chi connectivity index (χ3v) is 9.77. The second kappa shape index (κ2) is 11.5. The summed E-state index contributed by atoms with van der Waals surface area (Å²) in [7, 11) is 2.64. The van der Waals surface area contributed by atoms with Gasteiger partial charge in [0.1, 0.15) is 29.5 Å². The van der Waals surface area contributed by atoms with Gasteiger partial charge in [-0.3, -0.25) is 14.9 Å². The van der Waals surface area contributed by atoms with Gasteiger partial charge >= 0.3 is 6.01 Å². The number of hydrogen-bond donors (Lipinski definition) is 0. The fourth-order valence-electron chi connectivity index (χ4n) is 6.98. The summed E-state index contributed by atoms with van der Waals surface area (Å²) in [4.78, 5) is 23.5. The van der Waals surface area contributed by atoms with Crippen molar-refractivity contribution in [3.63, 3.8) is 0 Å². The molecule has 43 heavy (non-hydrogen) atoms. The minimum absolute atomic E-state index is 0.00988. The van der Waals surface area contributed by atoms with Crippen LogP contribution in [0, 0.1) is 11.6 Å². The Balaban J connectivity index is 1.36.